The van der Waals surface area contributed by atoms with Crippen LogP contribution in [0.3, 0.4) is 0 Å². The zero-order valence-corrected chi connectivity index (χ0v) is 13.8. The Morgan fingerprint density at radius 1 is 0.955 bits per heavy atom. The molecule has 4 nitrogen and oxygen atoms in total. The van der Waals surface area contributed by atoms with Crippen LogP contribution in [0.5, 0.6) is 0 Å². The van der Waals surface area contributed by atoms with Crippen molar-refractivity contribution in [3.05, 3.63) is 24.3 Å². The molecule has 0 aliphatic heterocycles. The highest BCUT2D eigenvalue weighted by Crippen LogP contribution is 2.09. The zero-order chi connectivity index (χ0) is 16.6. The van der Waals surface area contributed by atoms with Crippen LogP contribution in [-0.2, 0) is 4.79 Å². The molecule has 0 heterocycles. The quantitative estimate of drug-likeness (QED) is 0.336. The van der Waals surface area contributed by atoms with Gasteiger partial charge in [-0.2, -0.15) is 0 Å². The first-order valence-corrected chi connectivity index (χ1v) is 8.49. The van der Waals surface area contributed by atoms with Gasteiger partial charge in [0.25, 0.3) is 0 Å². The van der Waals surface area contributed by atoms with Crippen molar-refractivity contribution in [3.63, 3.8) is 0 Å². The predicted molar refractivity (Wildman–Crippen MR) is 89.8 cm³/mol. The van der Waals surface area contributed by atoms with Gasteiger partial charge in [0.2, 0.25) is 0 Å². The fourth-order valence-electron chi connectivity index (χ4n) is 2.13. The van der Waals surface area contributed by atoms with Crippen molar-refractivity contribution in [2.75, 3.05) is 0 Å². The molecule has 2 atom stereocenters. The predicted octanol–water partition coefficient (Wildman–Crippen LogP) is 3.83. The van der Waals surface area contributed by atoms with Gasteiger partial charge in [0.05, 0.1) is 12.2 Å². The number of hydrogen-bond donors (Lipinski definition) is 3. The Morgan fingerprint density at radius 3 is 2.36 bits per heavy atom. The molecule has 0 bridgehead atoms. The molecule has 128 valence electrons. The topological polar surface area (TPSA) is 77.8 Å². The number of aliphatic carboxylic acids is 1. The maximum atomic E-state index is 10.3. The second-order valence-corrected chi connectivity index (χ2v) is 5.71. The number of aliphatic hydroxyl groups excluding tert-OH is 2. The number of unbranched alkanes of at least 4 members (excludes halogenated alkanes) is 6. The van der Waals surface area contributed by atoms with Crippen molar-refractivity contribution >= 4 is 5.97 Å². The lowest BCUT2D eigenvalue weighted by Crippen LogP contribution is -2.05. The average Bonchev–Trinajstić information content (AvgIpc) is 2.48. The number of carboxylic acid groups (broad SMARTS) is 1. The van der Waals surface area contributed by atoms with Crippen molar-refractivity contribution < 1.29 is 20.1 Å². The minimum atomic E-state index is -0.750. The van der Waals surface area contributed by atoms with E-state index in [-0.39, 0.29) is 6.42 Å². The summed E-state index contributed by atoms with van der Waals surface area (Å²) in [5.41, 5.74) is 0. The minimum Gasteiger partial charge on any atom is -0.481 e. The van der Waals surface area contributed by atoms with Crippen molar-refractivity contribution in [3.8, 4) is 0 Å². The molecule has 4 heteroatoms. The molecule has 0 spiro atoms. The summed E-state index contributed by atoms with van der Waals surface area (Å²) in [5.74, 6) is -0.750. The Balaban J connectivity index is 3.63. The summed E-state index contributed by atoms with van der Waals surface area (Å²) in [6.45, 7) is 2.16. The van der Waals surface area contributed by atoms with Gasteiger partial charge < -0.3 is 15.3 Å². The van der Waals surface area contributed by atoms with Crippen LogP contribution in [0.4, 0.5) is 0 Å². The average molecular weight is 312 g/mol. The van der Waals surface area contributed by atoms with Gasteiger partial charge >= 0.3 is 5.97 Å². The molecule has 3 N–H and O–H groups in total. The maximum Gasteiger partial charge on any atom is 0.303 e. The number of allylic oxidation sites excluding steroid dienone is 1. The Kier molecular flexibility index (Phi) is 14.0. The molecule has 0 unspecified atom stereocenters. The summed E-state index contributed by atoms with van der Waals surface area (Å²) in [5, 5.41) is 28.0. The van der Waals surface area contributed by atoms with E-state index in [0.717, 1.165) is 32.1 Å². The molecule has 0 aromatic carbocycles. The van der Waals surface area contributed by atoms with Gasteiger partial charge in [0.15, 0.2) is 0 Å². The second-order valence-electron chi connectivity index (χ2n) is 5.71. The van der Waals surface area contributed by atoms with Gasteiger partial charge in [-0.05, 0) is 25.7 Å². The molecule has 0 aromatic rings. The second kappa shape index (κ2) is 14.8. The largest absolute Gasteiger partial charge is 0.481 e. The highest BCUT2D eigenvalue weighted by Gasteiger charge is 2.01. The van der Waals surface area contributed by atoms with Gasteiger partial charge in [0, 0.05) is 6.42 Å². The standard InChI is InChI=1S/C18H32O4/c1-2-3-4-5-8-11-16(19)14-15-17(20)12-9-6-7-10-13-18(21)22/h8,11,14-17,19-20H,2-7,9-10,12-13H2,1H3,(H,21,22)/b11-8-,15-14-/t16-,17+/m0/s1. The Labute approximate surface area is 134 Å². The van der Waals surface area contributed by atoms with Crippen LogP contribution in [0, 0.1) is 0 Å². The summed E-state index contributed by atoms with van der Waals surface area (Å²) >= 11 is 0. The van der Waals surface area contributed by atoms with Crippen LogP contribution in [-0.4, -0.2) is 33.5 Å². The van der Waals surface area contributed by atoms with Gasteiger partial charge in [0.1, 0.15) is 0 Å². The number of rotatable bonds is 14. The first-order valence-electron chi connectivity index (χ1n) is 8.49. The number of carbonyl (C=O) groups is 1. The van der Waals surface area contributed by atoms with Crippen molar-refractivity contribution in [1.29, 1.82) is 0 Å². The third-order valence-electron chi connectivity index (χ3n) is 3.48. The van der Waals surface area contributed by atoms with E-state index in [2.05, 4.69) is 6.92 Å². The summed E-state index contributed by atoms with van der Waals surface area (Å²) < 4.78 is 0. The van der Waals surface area contributed by atoms with E-state index < -0.39 is 18.2 Å². The molecule has 22 heavy (non-hydrogen) atoms. The van der Waals surface area contributed by atoms with Crippen molar-refractivity contribution in [1.82, 2.24) is 0 Å². The molecule has 0 radical (unpaired) electrons. The normalized spacial score (nSPS) is 14.7. The fourth-order valence-corrected chi connectivity index (χ4v) is 2.13. The van der Waals surface area contributed by atoms with E-state index in [0.29, 0.717) is 12.8 Å². The maximum absolute atomic E-state index is 10.3. The first kappa shape index (κ1) is 20.9. The van der Waals surface area contributed by atoms with E-state index in [4.69, 9.17) is 5.11 Å². The lowest BCUT2D eigenvalue weighted by atomic mass is 10.1. The summed E-state index contributed by atoms with van der Waals surface area (Å²) in [7, 11) is 0. The minimum absolute atomic E-state index is 0.221. The molecule has 0 amide bonds. The van der Waals surface area contributed by atoms with Crippen LogP contribution in [0.2, 0.25) is 0 Å². The third-order valence-corrected chi connectivity index (χ3v) is 3.48. The molecule has 0 saturated carbocycles. The molecule has 0 aromatic heterocycles. The van der Waals surface area contributed by atoms with E-state index in [1.54, 1.807) is 18.2 Å². The molecule has 0 saturated heterocycles. The van der Waals surface area contributed by atoms with E-state index >= 15 is 0 Å². The molecule has 0 aliphatic rings. The number of aliphatic hydroxyl groups is 2. The Morgan fingerprint density at radius 2 is 1.68 bits per heavy atom. The van der Waals surface area contributed by atoms with Crippen LogP contribution in [0.25, 0.3) is 0 Å². The lowest BCUT2D eigenvalue weighted by Gasteiger charge is -2.06. The highest BCUT2D eigenvalue weighted by molar-refractivity contribution is 5.66. The smallest absolute Gasteiger partial charge is 0.303 e. The molecule has 0 rings (SSSR count). The van der Waals surface area contributed by atoms with Crippen LogP contribution in [0.1, 0.15) is 71.1 Å². The zero-order valence-electron chi connectivity index (χ0n) is 13.8. The highest BCUT2D eigenvalue weighted by atomic mass is 16.4. The summed E-state index contributed by atoms with van der Waals surface area (Å²) in [6.07, 6.45) is 14.6. The SMILES string of the molecule is CCCCC/C=C\[C@H](O)/C=C\[C@H](O)CCCCCCC(=O)O. The molecule has 0 aliphatic carbocycles. The Bertz CT molecular complexity index is 323. The van der Waals surface area contributed by atoms with E-state index in [1.807, 2.05) is 6.08 Å². The number of carboxylic acids is 1. The summed E-state index contributed by atoms with van der Waals surface area (Å²) in [4.78, 5) is 10.3. The summed E-state index contributed by atoms with van der Waals surface area (Å²) in [6, 6.07) is 0. The van der Waals surface area contributed by atoms with Crippen molar-refractivity contribution in [2.45, 2.75) is 83.3 Å². The van der Waals surface area contributed by atoms with Gasteiger partial charge in [-0.15, -0.1) is 0 Å². The monoisotopic (exact) mass is 312 g/mol. The van der Waals surface area contributed by atoms with Crippen LogP contribution >= 0.6 is 0 Å². The molecular weight excluding hydrogens is 280 g/mol. The van der Waals surface area contributed by atoms with Gasteiger partial charge in [-0.1, -0.05) is 63.3 Å². The first-order chi connectivity index (χ1) is 10.6. The Hall–Kier alpha value is -1.13. The van der Waals surface area contributed by atoms with Crippen molar-refractivity contribution in [2.24, 2.45) is 0 Å². The third kappa shape index (κ3) is 15.3. The van der Waals surface area contributed by atoms with E-state index in [1.165, 1.54) is 12.8 Å². The van der Waals surface area contributed by atoms with Gasteiger partial charge in [-0.3, -0.25) is 4.79 Å². The number of hydrogen-bond acceptors (Lipinski definition) is 3. The molecule has 0 fully saturated rings. The van der Waals surface area contributed by atoms with Crippen LogP contribution < -0.4 is 0 Å². The molecular formula is C18H32O4. The van der Waals surface area contributed by atoms with Gasteiger partial charge in [-0.25, -0.2) is 0 Å². The van der Waals surface area contributed by atoms with Crippen LogP contribution in [0.15, 0.2) is 24.3 Å². The van der Waals surface area contributed by atoms with E-state index in [9.17, 15) is 15.0 Å². The lowest BCUT2D eigenvalue weighted by molar-refractivity contribution is -0.137. The fraction of sp³-hybridized carbons (Fsp3) is 0.722.